The van der Waals surface area contributed by atoms with Crippen LogP contribution in [0, 0.1) is 17.7 Å². The van der Waals surface area contributed by atoms with Gasteiger partial charge in [0.15, 0.2) is 5.72 Å². The number of aromatic amines is 2. The summed E-state index contributed by atoms with van der Waals surface area (Å²) in [7, 11) is 2.49. The number of fused-ring (bicyclic) bond motifs is 6. The summed E-state index contributed by atoms with van der Waals surface area (Å²) in [6.45, 7) is 7.72. The predicted octanol–water partition coefficient (Wildman–Crippen LogP) is 8.27. The largest absolute Gasteiger partial charge is 0.467 e. The fraction of sp³-hybridized carbons (Fsp3) is 0.500. The zero-order chi connectivity index (χ0) is 46.6. The molecule has 3 aromatic heterocycles. The molecule has 1 spiro atoms. The lowest BCUT2D eigenvalue weighted by atomic mass is 9.89. The zero-order valence-electron chi connectivity index (χ0n) is 38.1. The van der Waals surface area contributed by atoms with Gasteiger partial charge in [0.1, 0.15) is 41.5 Å². The van der Waals surface area contributed by atoms with Gasteiger partial charge in [0.2, 0.25) is 11.8 Å². The predicted molar refractivity (Wildman–Crippen MR) is 240 cm³/mol. The number of imidazole rings is 2. The molecular weight excluding hydrogens is 853 g/mol. The number of hydrogen-bond acceptors (Lipinski definition) is 9. The first-order chi connectivity index (χ1) is 31.7. The number of H-pyrrole nitrogens is 2. The Bertz CT molecular complexity index is 2670. The molecule has 1 aliphatic carbocycles. The number of likely N-dealkylation sites (tertiary alicyclic amines) is 2. The van der Waals surface area contributed by atoms with E-state index in [1.165, 1.54) is 25.2 Å². The lowest BCUT2D eigenvalue weighted by Crippen LogP contribution is -2.51. The summed E-state index contributed by atoms with van der Waals surface area (Å²) < 4.78 is 50.5. The fourth-order valence-corrected chi connectivity index (χ4v) is 10.4. The van der Waals surface area contributed by atoms with Crippen molar-refractivity contribution in [1.29, 1.82) is 0 Å². The smallest absolute Gasteiger partial charge is 0.407 e. The number of hydrogen-bond donors (Lipinski definition) is 4. The van der Waals surface area contributed by atoms with E-state index >= 15 is 8.78 Å². The number of alkyl carbamates (subject to hydrolysis) is 2. The Balaban J connectivity index is 1.01. The molecule has 4 amide bonds. The van der Waals surface area contributed by atoms with Gasteiger partial charge >= 0.3 is 12.2 Å². The molecule has 1 saturated carbocycles. The standard InChI is InChI=1S/C48H57F2N9O7/c1-25(2)40(55-46(62)64-5)44(60)57-16-10-11-35(57)42-51-22-32(53-42)27-12-13-34-29(17-27)19-36-39-31(50)18-28(20-38(39)66-48(59(34)36)14-8-7-9-15-48)33-23-52-43(54-33)37-21-30(49)24-58(37)45(61)41(26(3)4)56-47(63)65-6/h12-13,17-20,22-23,25-26,30,35,37,40-41H,7-11,14-16,21,24H2,1-6H3,(H,51,53)(H,52,54)(H,55,62)(H,56,63)/t30-,35+,37+,40+,41+/m1/s1. The average molecular weight is 910 g/mol. The topological polar surface area (TPSA) is 189 Å². The molecule has 3 aliphatic heterocycles. The molecule has 18 heteroatoms. The molecule has 0 unspecified atom stereocenters. The first kappa shape index (κ1) is 44.7. The van der Waals surface area contributed by atoms with Crippen molar-refractivity contribution in [2.45, 2.75) is 115 Å². The fourth-order valence-electron chi connectivity index (χ4n) is 10.4. The lowest BCUT2D eigenvalue weighted by Gasteiger charge is -2.44. The number of ether oxygens (including phenoxy) is 3. The first-order valence-corrected chi connectivity index (χ1v) is 22.9. The van der Waals surface area contributed by atoms with Crippen LogP contribution in [0.1, 0.15) is 103 Å². The number of carbonyl (C=O) groups excluding carboxylic acids is 4. The molecule has 2 saturated heterocycles. The summed E-state index contributed by atoms with van der Waals surface area (Å²) in [5, 5.41) is 6.18. The van der Waals surface area contributed by atoms with Crippen LogP contribution in [0.4, 0.5) is 18.4 Å². The second-order valence-corrected chi connectivity index (χ2v) is 18.7. The highest BCUT2D eigenvalue weighted by Crippen LogP contribution is 2.52. The molecule has 16 nitrogen and oxygen atoms in total. The Labute approximate surface area is 381 Å². The summed E-state index contributed by atoms with van der Waals surface area (Å²) in [6, 6.07) is 8.70. The van der Waals surface area contributed by atoms with Gasteiger partial charge < -0.3 is 49.2 Å². The highest BCUT2D eigenvalue weighted by atomic mass is 19.1. The molecule has 4 aliphatic rings. The number of nitrogens with zero attached hydrogens (tertiary/aromatic N) is 5. The van der Waals surface area contributed by atoms with E-state index in [4.69, 9.17) is 19.2 Å². The van der Waals surface area contributed by atoms with Gasteiger partial charge in [-0.25, -0.2) is 28.3 Å². The van der Waals surface area contributed by atoms with Crippen molar-refractivity contribution in [1.82, 2.24) is 44.9 Å². The Kier molecular flexibility index (Phi) is 12.0. The van der Waals surface area contributed by atoms with Crippen LogP contribution in [0.15, 0.2) is 48.8 Å². The third-order valence-electron chi connectivity index (χ3n) is 13.8. The van der Waals surface area contributed by atoms with Crippen molar-refractivity contribution in [2.75, 3.05) is 27.3 Å². The molecule has 0 radical (unpaired) electrons. The van der Waals surface area contributed by atoms with E-state index in [9.17, 15) is 19.2 Å². The molecule has 5 aromatic rings. The van der Waals surface area contributed by atoms with E-state index < -0.39 is 53.9 Å². The van der Waals surface area contributed by atoms with Crippen molar-refractivity contribution in [2.24, 2.45) is 11.8 Å². The van der Waals surface area contributed by atoms with E-state index in [0.29, 0.717) is 46.5 Å². The van der Waals surface area contributed by atoms with Crippen LogP contribution in [0.2, 0.25) is 0 Å². The maximum atomic E-state index is 16.8. The molecule has 9 rings (SSSR count). The molecular formula is C48H57F2N9O7. The molecule has 350 valence electrons. The van der Waals surface area contributed by atoms with Gasteiger partial charge in [-0.2, -0.15) is 0 Å². The third-order valence-corrected chi connectivity index (χ3v) is 13.8. The number of carbonyl (C=O) groups is 4. The van der Waals surface area contributed by atoms with Crippen molar-refractivity contribution >= 4 is 34.9 Å². The highest BCUT2D eigenvalue weighted by Gasteiger charge is 2.45. The summed E-state index contributed by atoms with van der Waals surface area (Å²) in [4.78, 5) is 70.9. The van der Waals surface area contributed by atoms with Gasteiger partial charge in [-0.05, 0) is 67.9 Å². The minimum absolute atomic E-state index is 0.0102. The Morgan fingerprint density at radius 1 is 0.803 bits per heavy atom. The maximum absolute atomic E-state index is 16.8. The van der Waals surface area contributed by atoms with Gasteiger partial charge in [0, 0.05) is 42.3 Å². The van der Waals surface area contributed by atoms with E-state index in [1.807, 2.05) is 38.1 Å². The normalized spacial score (nSPS) is 20.8. The van der Waals surface area contributed by atoms with Crippen LogP contribution in [0.3, 0.4) is 0 Å². The number of alkyl halides is 1. The van der Waals surface area contributed by atoms with Gasteiger partial charge in [-0.3, -0.25) is 9.59 Å². The van der Waals surface area contributed by atoms with Crippen LogP contribution in [0.5, 0.6) is 5.75 Å². The summed E-state index contributed by atoms with van der Waals surface area (Å²) >= 11 is 0. The van der Waals surface area contributed by atoms with Gasteiger partial charge in [-0.15, -0.1) is 0 Å². The summed E-state index contributed by atoms with van der Waals surface area (Å²) in [5.41, 5.74) is 3.82. The number of rotatable bonds is 10. The van der Waals surface area contributed by atoms with Crippen LogP contribution in [-0.4, -0.2) is 104 Å². The van der Waals surface area contributed by atoms with Gasteiger partial charge in [0.25, 0.3) is 0 Å². The van der Waals surface area contributed by atoms with Crippen molar-refractivity contribution < 1.29 is 42.2 Å². The number of benzene rings is 2. The molecule has 5 atom stereocenters. The number of methoxy groups -OCH3 is 2. The molecule has 3 fully saturated rings. The zero-order valence-corrected chi connectivity index (χ0v) is 38.1. The molecule has 4 N–H and O–H groups in total. The number of aromatic nitrogens is 5. The quantitative estimate of drug-likeness (QED) is 0.107. The molecule has 66 heavy (non-hydrogen) atoms. The van der Waals surface area contributed by atoms with Gasteiger partial charge in [0.05, 0.1) is 73.4 Å². The maximum Gasteiger partial charge on any atom is 0.407 e. The molecule has 6 heterocycles. The summed E-state index contributed by atoms with van der Waals surface area (Å²) in [5.74, 6) is -0.149. The van der Waals surface area contributed by atoms with E-state index in [0.717, 1.165) is 67.1 Å². The van der Waals surface area contributed by atoms with Crippen molar-refractivity contribution in [3.63, 3.8) is 0 Å². The number of halogens is 2. The lowest BCUT2D eigenvalue weighted by molar-refractivity contribution is -0.136. The van der Waals surface area contributed by atoms with Crippen molar-refractivity contribution in [3.05, 3.63) is 66.3 Å². The van der Waals surface area contributed by atoms with Crippen LogP contribution < -0.4 is 15.4 Å². The Hall–Kier alpha value is -6.46. The molecule has 0 bridgehead atoms. The van der Waals surface area contributed by atoms with E-state index in [-0.39, 0.29) is 36.8 Å². The second-order valence-electron chi connectivity index (χ2n) is 18.7. The monoisotopic (exact) mass is 909 g/mol. The highest BCUT2D eigenvalue weighted by molar-refractivity contribution is 5.93. The molecule has 2 aromatic carbocycles. The minimum Gasteiger partial charge on any atom is -0.467 e. The number of amides is 4. The van der Waals surface area contributed by atoms with E-state index in [2.05, 4.69) is 36.2 Å². The Morgan fingerprint density at radius 2 is 1.42 bits per heavy atom. The SMILES string of the molecule is COC(=O)N[C@H](C(=O)N1CCC[C@H]1c1ncc(-c2ccc3c(c2)cc2n3C3(CCCCC3)Oc3cc(-c4cnc([C@@H]5C[C@@H](F)CN5C(=O)[C@@H](NC(=O)OC)C(C)C)[nH]4)cc(F)c3-2)[nH]1)C(C)C. The van der Waals surface area contributed by atoms with Crippen LogP contribution in [-0.2, 0) is 24.8 Å². The average Bonchev–Trinajstić information content (AvgIpc) is 4.16. The summed E-state index contributed by atoms with van der Waals surface area (Å²) in [6.07, 6.45) is 6.54. The van der Waals surface area contributed by atoms with Crippen molar-refractivity contribution in [3.8, 4) is 39.5 Å². The minimum atomic E-state index is -1.30. The number of nitrogens with one attached hydrogen (secondary N) is 4. The Morgan fingerprint density at radius 3 is 2.06 bits per heavy atom. The van der Waals surface area contributed by atoms with E-state index in [1.54, 1.807) is 31.1 Å². The van der Waals surface area contributed by atoms with Gasteiger partial charge in [-0.1, -0.05) is 40.2 Å². The van der Waals surface area contributed by atoms with Crippen LogP contribution in [0.25, 0.3) is 44.7 Å². The van der Waals surface area contributed by atoms with Crippen LogP contribution >= 0.6 is 0 Å². The second kappa shape index (κ2) is 17.7. The first-order valence-electron chi connectivity index (χ1n) is 22.9. The third kappa shape index (κ3) is 8.01.